The van der Waals surface area contributed by atoms with Crippen LogP contribution in [0, 0.1) is 17.5 Å². The number of carbonyl (C=O) groups is 1. The quantitative estimate of drug-likeness (QED) is 0.396. The second-order valence-corrected chi connectivity index (χ2v) is 9.30. The molecule has 1 saturated heterocycles. The Morgan fingerprint density at radius 1 is 0.971 bits per heavy atom. The molecule has 1 aliphatic heterocycles. The molecule has 0 bridgehead atoms. The van der Waals surface area contributed by atoms with Gasteiger partial charge in [-0.15, -0.1) is 0 Å². The Hall–Kier alpha value is -3.12. The molecule has 1 fully saturated rings. The van der Waals surface area contributed by atoms with Crippen molar-refractivity contribution in [3.63, 3.8) is 0 Å². The number of hydrogen-bond acceptors (Lipinski definition) is 2. The first-order chi connectivity index (χ1) is 16.9. The smallest absolute Gasteiger partial charge is 0.223 e. The van der Waals surface area contributed by atoms with Gasteiger partial charge in [0.15, 0.2) is 0 Å². The Labute approximate surface area is 204 Å². The summed E-state index contributed by atoms with van der Waals surface area (Å²) in [5.41, 5.74) is 2.43. The molecule has 184 valence electrons. The topological polar surface area (TPSA) is 40.5 Å². The number of aliphatic hydroxyl groups excluding tert-OH is 1. The van der Waals surface area contributed by atoms with Crippen LogP contribution in [0.15, 0.2) is 66.7 Å². The number of hydrogen-bond donors (Lipinski definition) is 1. The Kier molecular flexibility index (Phi) is 7.60. The molecular weight excluding hydrogens is 451 g/mol. The van der Waals surface area contributed by atoms with Crippen LogP contribution in [0.2, 0.25) is 0 Å². The summed E-state index contributed by atoms with van der Waals surface area (Å²) in [5.74, 6) is -1.52. The van der Waals surface area contributed by atoms with Crippen LogP contribution in [0.5, 0.6) is 0 Å². The van der Waals surface area contributed by atoms with Crippen LogP contribution in [0.1, 0.15) is 56.2 Å². The van der Waals surface area contributed by atoms with E-state index in [9.17, 15) is 23.1 Å². The molecule has 0 aromatic heterocycles. The summed E-state index contributed by atoms with van der Waals surface area (Å²) >= 11 is 0. The highest BCUT2D eigenvalue weighted by atomic mass is 19.1. The summed E-state index contributed by atoms with van der Waals surface area (Å²) in [7, 11) is 0. The highest BCUT2D eigenvalue weighted by Gasteiger charge is 2.41. The minimum absolute atomic E-state index is 0.0269. The summed E-state index contributed by atoms with van der Waals surface area (Å²) in [4.78, 5) is 15.4. The van der Waals surface area contributed by atoms with Crippen molar-refractivity contribution in [1.82, 2.24) is 4.90 Å². The fourth-order valence-corrected chi connectivity index (χ4v) is 5.34. The van der Waals surface area contributed by atoms with E-state index in [4.69, 9.17) is 0 Å². The van der Waals surface area contributed by atoms with Crippen molar-refractivity contribution in [2.45, 2.75) is 50.5 Å². The predicted octanol–water partition coefficient (Wildman–Crippen LogP) is 6.55. The van der Waals surface area contributed by atoms with Gasteiger partial charge in [0.05, 0.1) is 6.04 Å². The number of benzene rings is 3. The molecule has 6 heteroatoms. The van der Waals surface area contributed by atoms with E-state index in [1.807, 2.05) is 24.0 Å². The van der Waals surface area contributed by atoms with Crippen LogP contribution in [0.4, 0.5) is 13.2 Å². The Morgan fingerprint density at radius 2 is 1.66 bits per heavy atom. The van der Waals surface area contributed by atoms with Crippen molar-refractivity contribution >= 4 is 5.91 Å². The van der Waals surface area contributed by atoms with E-state index in [0.29, 0.717) is 36.9 Å². The highest BCUT2D eigenvalue weighted by Crippen LogP contribution is 2.42. The van der Waals surface area contributed by atoms with Crippen LogP contribution >= 0.6 is 0 Å². The molecule has 3 nitrogen and oxygen atoms in total. The molecule has 1 amide bonds. The lowest BCUT2D eigenvalue weighted by atomic mass is 9.69. The van der Waals surface area contributed by atoms with E-state index >= 15 is 0 Å². The molecule has 35 heavy (non-hydrogen) atoms. The fourth-order valence-electron chi connectivity index (χ4n) is 5.34. The van der Waals surface area contributed by atoms with E-state index in [1.54, 1.807) is 24.3 Å². The fraction of sp³-hybridized carbons (Fsp3) is 0.345. The van der Waals surface area contributed by atoms with Gasteiger partial charge in [0.2, 0.25) is 5.91 Å². The maximum atomic E-state index is 14.2. The van der Waals surface area contributed by atoms with Crippen LogP contribution in [0.25, 0.3) is 11.1 Å². The molecule has 1 heterocycles. The van der Waals surface area contributed by atoms with Gasteiger partial charge in [-0.05, 0) is 66.6 Å². The lowest BCUT2D eigenvalue weighted by Gasteiger charge is -2.44. The third-order valence-corrected chi connectivity index (χ3v) is 7.21. The monoisotopic (exact) mass is 481 g/mol. The van der Waals surface area contributed by atoms with Gasteiger partial charge in [0.25, 0.3) is 0 Å². The van der Waals surface area contributed by atoms with Crippen LogP contribution in [-0.4, -0.2) is 29.1 Å². The SMILES string of the molecule is CC[C@@H](c1ccc(-c2ccc(F)cc2F)cc1)N1CCC(CCCO)(c2ccc(F)cc2)CC1=O. The number of nitrogens with zero attached hydrogens (tertiary/aromatic N) is 1. The molecule has 0 saturated carbocycles. The normalized spacial score (nSPS) is 19.1. The number of carbonyl (C=O) groups excluding carboxylic acids is 1. The standard InChI is InChI=1S/C29H30F3NO2/c1-2-27(21-6-4-20(5-7-21)25-13-12-24(31)18-26(25)32)33-16-15-29(14-3-17-34,19-28(33)35)22-8-10-23(30)11-9-22/h4-13,18,27,34H,2-3,14-17,19H2,1H3/t27-,29?/m0/s1. The first kappa shape index (κ1) is 25.0. The van der Waals surface area contributed by atoms with Crippen molar-refractivity contribution in [3.8, 4) is 11.1 Å². The van der Waals surface area contributed by atoms with E-state index in [-0.39, 0.29) is 24.4 Å². The van der Waals surface area contributed by atoms with Crippen molar-refractivity contribution in [2.75, 3.05) is 13.2 Å². The average molecular weight is 482 g/mol. The summed E-state index contributed by atoms with van der Waals surface area (Å²) in [5, 5.41) is 9.43. The van der Waals surface area contributed by atoms with Gasteiger partial charge >= 0.3 is 0 Å². The van der Waals surface area contributed by atoms with Gasteiger partial charge in [-0.3, -0.25) is 4.79 Å². The van der Waals surface area contributed by atoms with Gasteiger partial charge in [-0.1, -0.05) is 43.3 Å². The molecule has 0 radical (unpaired) electrons. The van der Waals surface area contributed by atoms with E-state index in [0.717, 1.165) is 30.0 Å². The average Bonchev–Trinajstić information content (AvgIpc) is 2.85. The van der Waals surface area contributed by atoms with E-state index < -0.39 is 17.0 Å². The van der Waals surface area contributed by atoms with Gasteiger partial charge in [-0.25, -0.2) is 13.2 Å². The zero-order chi connectivity index (χ0) is 25.0. The molecule has 0 spiro atoms. The van der Waals surface area contributed by atoms with Gasteiger partial charge in [-0.2, -0.15) is 0 Å². The minimum atomic E-state index is -0.617. The number of likely N-dealkylation sites (tertiary alicyclic amines) is 1. The molecule has 1 N–H and O–H groups in total. The summed E-state index contributed by atoms with van der Waals surface area (Å²) in [6, 6.07) is 17.1. The Bertz CT molecular complexity index is 1160. The third-order valence-electron chi connectivity index (χ3n) is 7.21. The number of halogens is 3. The highest BCUT2D eigenvalue weighted by molar-refractivity contribution is 5.79. The molecule has 3 aromatic carbocycles. The minimum Gasteiger partial charge on any atom is -0.396 e. The van der Waals surface area contributed by atoms with E-state index in [2.05, 4.69) is 0 Å². The second-order valence-electron chi connectivity index (χ2n) is 9.30. The first-order valence-corrected chi connectivity index (χ1v) is 12.1. The molecular formula is C29H30F3NO2. The molecule has 1 aliphatic rings. The largest absolute Gasteiger partial charge is 0.396 e. The van der Waals surface area contributed by atoms with Crippen LogP contribution in [0.3, 0.4) is 0 Å². The maximum Gasteiger partial charge on any atom is 0.223 e. The molecule has 0 aliphatic carbocycles. The van der Waals surface area contributed by atoms with Crippen LogP contribution in [-0.2, 0) is 10.2 Å². The van der Waals surface area contributed by atoms with Crippen molar-refractivity contribution in [2.24, 2.45) is 0 Å². The Morgan fingerprint density at radius 3 is 2.26 bits per heavy atom. The number of aliphatic hydroxyl groups is 1. The lowest BCUT2D eigenvalue weighted by Crippen LogP contribution is -2.47. The van der Waals surface area contributed by atoms with Crippen molar-refractivity contribution in [3.05, 3.63) is 95.3 Å². The first-order valence-electron chi connectivity index (χ1n) is 12.1. The summed E-state index contributed by atoms with van der Waals surface area (Å²) in [6.45, 7) is 2.62. The van der Waals surface area contributed by atoms with Gasteiger partial charge in [0.1, 0.15) is 17.5 Å². The third kappa shape index (κ3) is 5.27. The summed E-state index contributed by atoms with van der Waals surface area (Å²) in [6.07, 6.45) is 2.97. The van der Waals surface area contributed by atoms with Gasteiger partial charge in [0, 0.05) is 36.6 Å². The molecule has 2 atom stereocenters. The predicted molar refractivity (Wildman–Crippen MR) is 130 cm³/mol. The van der Waals surface area contributed by atoms with Crippen molar-refractivity contribution in [1.29, 1.82) is 0 Å². The van der Waals surface area contributed by atoms with Gasteiger partial charge < -0.3 is 10.0 Å². The molecule has 1 unspecified atom stereocenters. The number of piperidine rings is 1. The number of rotatable bonds is 8. The second kappa shape index (κ2) is 10.6. The van der Waals surface area contributed by atoms with Crippen molar-refractivity contribution < 1.29 is 23.1 Å². The van der Waals surface area contributed by atoms with E-state index in [1.165, 1.54) is 24.3 Å². The number of amides is 1. The summed E-state index contributed by atoms with van der Waals surface area (Å²) < 4.78 is 41.0. The lowest BCUT2D eigenvalue weighted by molar-refractivity contribution is -0.139. The van der Waals surface area contributed by atoms with Crippen LogP contribution < -0.4 is 0 Å². The zero-order valence-electron chi connectivity index (χ0n) is 19.8. The Balaban J connectivity index is 1.55. The zero-order valence-corrected chi connectivity index (χ0v) is 19.8. The molecule has 3 aromatic rings. The maximum absolute atomic E-state index is 14.2. The molecule has 4 rings (SSSR count).